The van der Waals surface area contributed by atoms with Crippen LogP contribution in [0.3, 0.4) is 0 Å². The number of aromatic nitrogens is 3. The summed E-state index contributed by atoms with van der Waals surface area (Å²) in [6, 6.07) is 3.32. The monoisotopic (exact) mass is 247 g/mol. The minimum absolute atomic E-state index is 0.0218. The number of methoxy groups -OCH3 is 1. The van der Waals surface area contributed by atoms with Crippen LogP contribution in [0.15, 0.2) is 18.3 Å². The number of rotatable bonds is 2. The first-order chi connectivity index (χ1) is 8.78. The van der Waals surface area contributed by atoms with E-state index in [4.69, 9.17) is 4.74 Å². The molecule has 3 rings (SSSR count). The van der Waals surface area contributed by atoms with Crippen molar-refractivity contribution < 1.29 is 14.3 Å². The summed E-state index contributed by atoms with van der Waals surface area (Å²) in [6.07, 6.45) is 3.66. The van der Waals surface area contributed by atoms with Gasteiger partial charge in [0.1, 0.15) is 6.10 Å². The molecule has 1 atom stereocenters. The van der Waals surface area contributed by atoms with Crippen molar-refractivity contribution in [1.29, 1.82) is 0 Å². The second kappa shape index (κ2) is 4.38. The molecule has 6 heteroatoms. The molecule has 0 bridgehead atoms. The van der Waals surface area contributed by atoms with Gasteiger partial charge in [-0.25, -0.2) is 14.3 Å². The van der Waals surface area contributed by atoms with Gasteiger partial charge in [0.05, 0.1) is 12.7 Å². The quantitative estimate of drug-likeness (QED) is 0.750. The number of carbonyl (C=O) groups is 1. The topological polar surface area (TPSA) is 65.7 Å². The molecule has 1 fully saturated rings. The number of hydrogen-bond donors (Lipinski definition) is 0. The van der Waals surface area contributed by atoms with Crippen molar-refractivity contribution in [2.24, 2.45) is 0 Å². The second-order valence-corrected chi connectivity index (χ2v) is 4.18. The molecule has 0 aromatic carbocycles. The van der Waals surface area contributed by atoms with Crippen LogP contribution in [0.5, 0.6) is 0 Å². The van der Waals surface area contributed by atoms with Gasteiger partial charge >= 0.3 is 5.97 Å². The van der Waals surface area contributed by atoms with Crippen LogP contribution in [-0.2, 0) is 9.47 Å². The van der Waals surface area contributed by atoms with Crippen LogP contribution >= 0.6 is 0 Å². The summed E-state index contributed by atoms with van der Waals surface area (Å²) in [5.74, 6) is 0.300. The highest BCUT2D eigenvalue weighted by molar-refractivity contribution is 5.90. The smallest absolute Gasteiger partial charge is 0.338 e. The van der Waals surface area contributed by atoms with E-state index in [1.807, 2.05) is 0 Å². The fourth-order valence-electron chi connectivity index (χ4n) is 2.06. The highest BCUT2D eigenvalue weighted by Gasteiger charge is 2.22. The van der Waals surface area contributed by atoms with E-state index in [2.05, 4.69) is 14.8 Å². The molecule has 6 nitrogen and oxygen atoms in total. The van der Waals surface area contributed by atoms with Gasteiger partial charge in [0.15, 0.2) is 11.5 Å². The van der Waals surface area contributed by atoms with E-state index in [9.17, 15) is 4.79 Å². The first-order valence-corrected chi connectivity index (χ1v) is 5.84. The third-order valence-electron chi connectivity index (χ3n) is 2.99. The number of pyridine rings is 1. The van der Waals surface area contributed by atoms with Crippen LogP contribution in [0.2, 0.25) is 0 Å². The molecule has 0 N–H and O–H groups in total. The molecule has 94 valence electrons. The summed E-state index contributed by atoms with van der Waals surface area (Å²) >= 11 is 0. The van der Waals surface area contributed by atoms with E-state index in [-0.39, 0.29) is 12.1 Å². The summed E-state index contributed by atoms with van der Waals surface area (Å²) in [4.78, 5) is 15.8. The molecular weight excluding hydrogens is 234 g/mol. The number of esters is 1. The van der Waals surface area contributed by atoms with Crippen molar-refractivity contribution in [1.82, 2.24) is 14.6 Å². The molecule has 1 saturated heterocycles. The fraction of sp³-hybridized carbons (Fsp3) is 0.417. The molecule has 1 aliphatic rings. The third kappa shape index (κ3) is 1.84. The van der Waals surface area contributed by atoms with Crippen molar-refractivity contribution in [3.63, 3.8) is 0 Å². The lowest BCUT2D eigenvalue weighted by Gasteiger charge is -2.01. The molecule has 18 heavy (non-hydrogen) atoms. The van der Waals surface area contributed by atoms with Crippen molar-refractivity contribution in [3.8, 4) is 0 Å². The van der Waals surface area contributed by atoms with Gasteiger partial charge < -0.3 is 9.47 Å². The maximum absolute atomic E-state index is 11.4. The van der Waals surface area contributed by atoms with E-state index in [1.54, 1.807) is 22.8 Å². The average molecular weight is 247 g/mol. The summed E-state index contributed by atoms with van der Waals surface area (Å²) < 4.78 is 11.9. The SMILES string of the molecule is COC(=O)c1ccn2nc(C3CCCO3)nc2c1. The van der Waals surface area contributed by atoms with Crippen molar-refractivity contribution in [2.75, 3.05) is 13.7 Å². The number of fused-ring (bicyclic) bond motifs is 1. The van der Waals surface area contributed by atoms with Crippen molar-refractivity contribution in [2.45, 2.75) is 18.9 Å². The minimum atomic E-state index is -0.376. The Morgan fingerprint density at radius 1 is 1.61 bits per heavy atom. The van der Waals surface area contributed by atoms with E-state index >= 15 is 0 Å². The maximum atomic E-state index is 11.4. The molecule has 1 aliphatic heterocycles. The lowest BCUT2D eigenvalue weighted by atomic mass is 10.2. The first kappa shape index (κ1) is 11.2. The highest BCUT2D eigenvalue weighted by Crippen LogP contribution is 2.26. The molecule has 0 spiro atoms. The van der Waals surface area contributed by atoms with Crippen molar-refractivity contribution in [3.05, 3.63) is 29.7 Å². The summed E-state index contributed by atoms with van der Waals surface area (Å²) in [5, 5.41) is 4.35. The van der Waals surface area contributed by atoms with Gasteiger partial charge in [0.25, 0.3) is 0 Å². The van der Waals surface area contributed by atoms with Gasteiger partial charge in [-0.05, 0) is 25.0 Å². The van der Waals surface area contributed by atoms with E-state index in [0.29, 0.717) is 17.0 Å². The Morgan fingerprint density at radius 3 is 3.22 bits per heavy atom. The average Bonchev–Trinajstić information content (AvgIpc) is 3.04. The van der Waals surface area contributed by atoms with Crippen LogP contribution in [0, 0.1) is 0 Å². The number of ether oxygens (including phenoxy) is 2. The Balaban J connectivity index is 1.98. The van der Waals surface area contributed by atoms with E-state index < -0.39 is 0 Å². The molecule has 0 radical (unpaired) electrons. The number of nitrogens with zero attached hydrogens (tertiary/aromatic N) is 3. The maximum Gasteiger partial charge on any atom is 0.338 e. The molecule has 0 saturated carbocycles. The molecule has 2 aromatic heterocycles. The van der Waals surface area contributed by atoms with Gasteiger partial charge in [0.2, 0.25) is 0 Å². The Bertz CT molecular complexity index is 587. The zero-order valence-electron chi connectivity index (χ0n) is 10.00. The predicted octanol–water partition coefficient (Wildman–Crippen LogP) is 1.37. The Kier molecular flexibility index (Phi) is 2.71. The standard InChI is InChI=1S/C12H13N3O3/c1-17-12(16)8-4-5-15-10(7-8)13-11(14-15)9-3-2-6-18-9/h4-5,7,9H,2-3,6H2,1H3. The summed E-state index contributed by atoms with van der Waals surface area (Å²) in [6.45, 7) is 0.758. The summed E-state index contributed by atoms with van der Waals surface area (Å²) in [7, 11) is 1.36. The van der Waals surface area contributed by atoms with Gasteiger partial charge in [-0.3, -0.25) is 0 Å². The predicted molar refractivity (Wildman–Crippen MR) is 62.3 cm³/mol. The fourth-order valence-corrected chi connectivity index (χ4v) is 2.06. The lowest BCUT2D eigenvalue weighted by molar-refractivity contribution is 0.0600. The van der Waals surface area contributed by atoms with Crippen LogP contribution < -0.4 is 0 Å². The van der Waals surface area contributed by atoms with Gasteiger partial charge in [0, 0.05) is 12.8 Å². The second-order valence-electron chi connectivity index (χ2n) is 4.18. The molecule has 3 heterocycles. The minimum Gasteiger partial charge on any atom is -0.465 e. The largest absolute Gasteiger partial charge is 0.465 e. The number of hydrogen-bond acceptors (Lipinski definition) is 5. The zero-order valence-corrected chi connectivity index (χ0v) is 10.00. The number of carbonyl (C=O) groups excluding carboxylic acids is 1. The van der Waals surface area contributed by atoms with E-state index in [0.717, 1.165) is 19.4 Å². The van der Waals surface area contributed by atoms with Crippen LogP contribution in [0.1, 0.15) is 35.1 Å². The Hall–Kier alpha value is -1.95. The van der Waals surface area contributed by atoms with Crippen LogP contribution in [0.25, 0.3) is 5.65 Å². The Morgan fingerprint density at radius 2 is 2.50 bits per heavy atom. The molecule has 1 unspecified atom stereocenters. The first-order valence-electron chi connectivity index (χ1n) is 5.84. The zero-order chi connectivity index (χ0) is 12.5. The van der Waals surface area contributed by atoms with Crippen molar-refractivity contribution >= 4 is 11.6 Å². The van der Waals surface area contributed by atoms with Crippen LogP contribution in [-0.4, -0.2) is 34.3 Å². The van der Waals surface area contributed by atoms with Gasteiger partial charge in [-0.1, -0.05) is 0 Å². The van der Waals surface area contributed by atoms with Crippen LogP contribution in [0.4, 0.5) is 0 Å². The van der Waals surface area contributed by atoms with Gasteiger partial charge in [-0.15, -0.1) is 5.10 Å². The Labute approximate surface area is 104 Å². The molecular formula is C12H13N3O3. The molecule has 0 aliphatic carbocycles. The molecule has 0 amide bonds. The van der Waals surface area contributed by atoms with Gasteiger partial charge in [-0.2, -0.15) is 0 Å². The lowest BCUT2D eigenvalue weighted by Crippen LogP contribution is -2.02. The normalized spacial score (nSPS) is 19.3. The molecule has 2 aromatic rings. The third-order valence-corrected chi connectivity index (χ3v) is 2.99. The highest BCUT2D eigenvalue weighted by atomic mass is 16.5. The van der Waals surface area contributed by atoms with E-state index in [1.165, 1.54) is 7.11 Å². The summed E-state index contributed by atoms with van der Waals surface area (Å²) in [5.41, 5.74) is 1.10.